The van der Waals surface area contributed by atoms with Crippen LogP contribution in [0.2, 0.25) is 5.02 Å². The molecule has 4 amide bonds. The van der Waals surface area contributed by atoms with Gasteiger partial charge in [-0.3, -0.25) is 29.5 Å². The number of phenolic OH excluding ortho intramolecular Hbond substituents is 1. The Bertz CT molecular complexity index is 2110. The number of carbonyl (C=O) groups excluding carboxylic acids is 4. The van der Waals surface area contributed by atoms with Crippen molar-refractivity contribution in [1.29, 1.82) is 0 Å². The van der Waals surface area contributed by atoms with Crippen molar-refractivity contribution in [3.8, 4) is 5.75 Å². The summed E-state index contributed by atoms with van der Waals surface area (Å²) in [6.07, 6.45) is 4.15. The maximum atomic E-state index is 15.2. The number of imide groups is 2. The molecule has 4 aromatic carbocycles. The quantitative estimate of drug-likeness (QED) is 0.165. The van der Waals surface area contributed by atoms with Crippen molar-refractivity contribution in [1.82, 2.24) is 5.01 Å². The average molecular weight is 684 g/mol. The Kier molecular flexibility index (Phi) is 7.53. The second kappa shape index (κ2) is 11.8. The van der Waals surface area contributed by atoms with Crippen LogP contribution in [-0.2, 0) is 24.6 Å². The SMILES string of the molecule is C=Cc1ccc(N2C(=O)[C@H]3[C@H](CC=C4[C@H]3C[C@H]3C(=O)N(Nc5ccc(C)cc5)C(=O)[C@@]3(c3ccccc3)[C@H]4c3ccc(O)cc3Cl)C2=O)cc1. The number of anilines is 2. The molecule has 250 valence electrons. The number of aryl methyl sites for hydroxylation is 1. The fourth-order valence-electron chi connectivity index (χ4n) is 8.86. The summed E-state index contributed by atoms with van der Waals surface area (Å²) in [7, 11) is 0. The third kappa shape index (κ3) is 4.58. The fraction of sp³-hybridized carbons (Fsp3) is 0.220. The largest absolute Gasteiger partial charge is 0.508 e. The van der Waals surface area contributed by atoms with Gasteiger partial charge in [-0.15, -0.1) is 0 Å². The van der Waals surface area contributed by atoms with E-state index >= 15 is 4.79 Å². The molecule has 50 heavy (non-hydrogen) atoms. The van der Waals surface area contributed by atoms with Gasteiger partial charge in [0.1, 0.15) is 5.75 Å². The number of rotatable bonds is 6. The predicted molar refractivity (Wildman–Crippen MR) is 191 cm³/mol. The minimum atomic E-state index is -1.45. The van der Waals surface area contributed by atoms with Gasteiger partial charge in [0.25, 0.3) is 11.8 Å². The lowest BCUT2D eigenvalue weighted by molar-refractivity contribution is -0.138. The molecule has 0 spiro atoms. The second-order valence-corrected chi connectivity index (χ2v) is 14.0. The number of amides is 4. The Morgan fingerprint density at radius 3 is 2.28 bits per heavy atom. The molecule has 6 atom stereocenters. The van der Waals surface area contributed by atoms with Gasteiger partial charge in [0.2, 0.25) is 11.8 Å². The number of nitrogens with one attached hydrogen (secondary N) is 1. The van der Waals surface area contributed by atoms with Crippen LogP contribution in [0.5, 0.6) is 5.75 Å². The lowest BCUT2D eigenvalue weighted by atomic mass is 9.49. The highest BCUT2D eigenvalue weighted by molar-refractivity contribution is 6.31. The minimum absolute atomic E-state index is 0.0414. The predicted octanol–water partition coefficient (Wildman–Crippen LogP) is 7.19. The van der Waals surface area contributed by atoms with Gasteiger partial charge in [0.05, 0.1) is 34.5 Å². The number of fused-ring (bicyclic) bond motifs is 4. The van der Waals surface area contributed by atoms with Crippen molar-refractivity contribution in [2.75, 3.05) is 10.3 Å². The number of hydrogen-bond acceptors (Lipinski definition) is 6. The van der Waals surface area contributed by atoms with E-state index in [9.17, 15) is 19.5 Å². The molecule has 2 aliphatic heterocycles. The molecule has 4 aromatic rings. The van der Waals surface area contributed by atoms with Gasteiger partial charge in [0.15, 0.2) is 0 Å². The fourth-order valence-corrected chi connectivity index (χ4v) is 9.14. The van der Waals surface area contributed by atoms with Crippen LogP contribution in [0.25, 0.3) is 6.08 Å². The maximum Gasteiger partial charge on any atom is 0.260 e. The van der Waals surface area contributed by atoms with Crippen molar-refractivity contribution in [2.45, 2.75) is 31.1 Å². The zero-order valence-electron chi connectivity index (χ0n) is 27.3. The first-order valence-corrected chi connectivity index (χ1v) is 17.1. The molecule has 9 heteroatoms. The third-order valence-corrected chi connectivity index (χ3v) is 11.4. The number of benzene rings is 4. The van der Waals surface area contributed by atoms with Crippen molar-refractivity contribution in [3.63, 3.8) is 0 Å². The molecule has 0 radical (unpaired) electrons. The summed E-state index contributed by atoms with van der Waals surface area (Å²) >= 11 is 6.94. The van der Waals surface area contributed by atoms with E-state index in [2.05, 4.69) is 12.0 Å². The molecule has 2 N–H and O–H groups in total. The highest BCUT2D eigenvalue weighted by Crippen LogP contribution is 2.64. The Labute approximate surface area is 294 Å². The van der Waals surface area contributed by atoms with Crippen molar-refractivity contribution < 1.29 is 24.3 Å². The highest BCUT2D eigenvalue weighted by atomic mass is 35.5. The van der Waals surface area contributed by atoms with Crippen LogP contribution in [0.3, 0.4) is 0 Å². The van der Waals surface area contributed by atoms with Crippen molar-refractivity contribution in [2.24, 2.45) is 23.7 Å². The molecule has 2 heterocycles. The van der Waals surface area contributed by atoms with Crippen molar-refractivity contribution >= 4 is 52.7 Å². The van der Waals surface area contributed by atoms with Gasteiger partial charge >= 0.3 is 0 Å². The zero-order valence-corrected chi connectivity index (χ0v) is 28.0. The van der Waals surface area contributed by atoms with Crippen LogP contribution in [0.1, 0.15) is 41.0 Å². The molecule has 3 fully saturated rings. The standard InChI is InChI=1S/C41H34ClN3O5/c1-3-24-11-15-27(16-12-24)44-37(47)31-20-19-29-32(35(31)39(44)49)22-33-38(48)45(43-26-13-9-23(2)10-14-26)40(50)41(33,25-7-5-4-6-8-25)36(29)30-18-17-28(46)21-34(30)42/h3-19,21,31-33,35-36,43,46H,1,20,22H2,2H3/t31-,32+,33-,35-,36+,41+/m0/s1. The van der Waals surface area contributed by atoms with E-state index in [0.29, 0.717) is 22.5 Å². The van der Waals surface area contributed by atoms with E-state index in [4.69, 9.17) is 11.6 Å². The monoisotopic (exact) mass is 683 g/mol. The molecule has 4 aliphatic rings. The van der Waals surface area contributed by atoms with Gasteiger partial charge in [0, 0.05) is 10.9 Å². The average Bonchev–Trinajstić information content (AvgIpc) is 3.50. The molecule has 8 rings (SSSR count). The molecule has 8 nitrogen and oxygen atoms in total. The molecule has 0 unspecified atom stereocenters. The molecule has 2 saturated heterocycles. The van der Waals surface area contributed by atoms with Gasteiger partial charge in [-0.25, -0.2) is 0 Å². The lowest BCUT2D eigenvalue weighted by Crippen LogP contribution is -2.53. The number of hydrogen-bond donors (Lipinski definition) is 2. The lowest BCUT2D eigenvalue weighted by Gasteiger charge is -2.50. The molecule has 0 aromatic heterocycles. The Morgan fingerprint density at radius 1 is 0.880 bits per heavy atom. The molecular weight excluding hydrogens is 650 g/mol. The van der Waals surface area contributed by atoms with Crippen LogP contribution >= 0.6 is 11.6 Å². The first kappa shape index (κ1) is 31.8. The van der Waals surface area contributed by atoms with Crippen LogP contribution in [0, 0.1) is 30.6 Å². The summed E-state index contributed by atoms with van der Waals surface area (Å²) in [4.78, 5) is 59.7. The summed E-state index contributed by atoms with van der Waals surface area (Å²) in [5.41, 5.74) is 6.59. The second-order valence-electron chi connectivity index (χ2n) is 13.6. The summed E-state index contributed by atoms with van der Waals surface area (Å²) < 4.78 is 0. The first-order chi connectivity index (χ1) is 24.1. The molecular formula is C41H34ClN3O5. The first-order valence-electron chi connectivity index (χ1n) is 16.7. The molecule has 2 aliphatic carbocycles. The van der Waals surface area contributed by atoms with E-state index in [1.54, 1.807) is 24.3 Å². The summed E-state index contributed by atoms with van der Waals surface area (Å²) in [6.45, 7) is 5.75. The summed E-state index contributed by atoms with van der Waals surface area (Å²) in [5, 5.41) is 11.7. The topological polar surface area (TPSA) is 107 Å². The summed E-state index contributed by atoms with van der Waals surface area (Å²) in [6, 6.07) is 28.4. The zero-order chi connectivity index (χ0) is 34.9. The van der Waals surface area contributed by atoms with Crippen LogP contribution in [0.4, 0.5) is 11.4 Å². The normalized spacial score (nSPS) is 27.1. The van der Waals surface area contributed by atoms with Gasteiger partial charge in [-0.2, -0.15) is 5.01 Å². The molecule has 0 bridgehead atoms. The Hall–Kier alpha value is -5.47. The number of aromatic hydroxyl groups is 1. The molecule has 1 saturated carbocycles. The van der Waals surface area contributed by atoms with E-state index in [1.807, 2.05) is 79.7 Å². The van der Waals surface area contributed by atoms with Gasteiger partial charge in [-0.1, -0.05) is 102 Å². The number of nitrogens with zero attached hydrogens (tertiary/aromatic N) is 2. The van der Waals surface area contributed by atoms with E-state index < -0.39 is 46.8 Å². The number of allylic oxidation sites excluding steroid dienone is 2. The number of hydrazine groups is 1. The van der Waals surface area contributed by atoms with Crippen LogP contribution in [-0.4, -0.2) is 33.7 Å². The van der Waals surface area contributed by atoms with E-state index in [1.165, 1.54) is 17.0 Å². The highest BCUT2D eigenvalue weighted by Gasteiger charge is 2.70. The van der Waals surface area contributed by atoms with Gasteiger partial charge < -0.3 is 5.11 Å². The van der Waals surface area contributed by atoms with Crippen LogP contribution in [0.15, 0.2) is 115 Å². The number of halogens is 1. The Morgan fingerprint density at radius 2 is 1.60 bits per heavy atom. The minimum Gasteiger partial charge on any atom is -0.508 e. The van der Waals surface area contributed by atoms with E-state index in [0.717, 1.165) is 21.7 Å². The van der Waals surface area contributed by atoms with Crippen molar-refractivity contribution in [3.05, 3.63) is 143 Å². The van der Waals surface area contributed by atoms with Crippen LogP contribution < -0.4 is 10.3 Å². The summed E-state index contributed by atoms with van der Waals surface area (Å²) in [5.74, 6) is -5.09. The number of phenols is 1. The number of carbonyl (C=O) groups is 4. The third-order valence-electron chi connectivity index (χ3n) is 11.1. The van der Waals surface area contributed by atoms with E-state index in [-0.39, 0.29) is 35.4 Å². The Balaban J connectivity index is 1.31. The smallest absolute Gasteiger partial charge is 0.260 e. The maximum absolute atomic E-state index is 15.2. The van der Waals surface area contributed by atoms with Gasteiger partial charge in [-0.05, 0) is 78.8 Å².